The number of fused-ring (bicyclic) bond motifs is 3. The second-order valence-corrected chi connectivity index (χ2v) is 8.70. The SMILES string of the molecule is CC1Cc2ccccc2N1C(=O)c1cnn2c(C(F)(F)F)cc(-c3cccc4ccccc34)nc12. The molecule has 1 amide bonds. The number of para-hydroxylation sites is 1. The lowest BCUT2D eigenvalue weighted by atomic mass is 10.0. The van der Waals surface area contributed by atoms with Crippen LogP contribution >= 0.6 is 0 Å². The highest BCUT2D eigenvalue weighted by molar-refractivity contribution is 6.11. The summed E-state index contributed by atoms with van der Waals surface area (Å²) in [6.45, 7) is 1.92. The molecule has 3 heterocycles. The maximum Gasteiger partial charge on any atom is 0.433 e. The Morgan fingerprint density at radius 3 is 2.57 bits per heavy atom. The molecule has 0 bridgehead atoms. The van der Waals surface area contributed by atoms with Crippen LogP contribution in [-0.2, 0) is 12.6 Å². The largest absolute Gasteiger partial charge is 0.433 e. The maximum atomic E-state index is 14.1. The van der Waals surface area contributed by atoms with Gasteiger partial charge in [0.05, 0.1) is 11.9 Å². The minimum atomic E-state index is -4.69. The molecule has 3 aromatic carbocycles. The number of halogens is 3. The standard InChI is InChI=1S/C27H19F3N4O/c1-16-13-18-8-3-5-12-23(18)33(16)26(35)21-15-31-34-24(27(28,29)30)14-22(32-25(21)34)20-11-6-9-17-7-2-4-10-19(17)20/h2-12,14-16H,13H2,1H3. The molecule has 2 aromatic heterocycles. The van der Waals surface area contributed by atoms with Crippen LogP contribution in [-0.4, -0.2) is 26.5 Å². The number of aromatic nitrogens is 3. The van der Waals surface area contributed by atoms with E-state index in [-0.39, 0.29) is 22.9 Å². The molecular formula is C27H19F3N4O. The van der Waals surface area contributed by atoms with Crippen LogP contribution < -0.4 is 4.90 Å². The normalized spacial score (nSPS) is 15.7. The van der Waals surface area contributed by atoms with Gasteiger partial charge < -0.3 is 4.90 Å². The molecule has 1 aliphatic rings. The number of carbonyl (C=O) groups excluding carboxylic acids is 1. The molecule has 35 heavy (non-hydrogen) atoms. The number of amides is 1. The summed E-state index contributed by atoms with van der Waals surface area (Å²) < 4.78 is 43.1. The topological polar surface area (TPSA) is 50.5 Å². The first-order chi connectivity index (χ1) is 16.8. The number of nitrogens with zero attached hydrogens (tertiary/aromatic N) is 4. The molecule has 1 atom stereocenters. The summed E-state index contributed by atoms with van der Waals surface area (Å²) in [7, 11) is 0. The number of anilines is 1. The van der Waals surface area contributed by atoms with E-state index in [4.69, 9.17) is 0 Å². The fourth-order valence-electron chi connectivity index (χ4n) is 4.91. The van der Waals surface area contributed by atoms with Crippen LogP contribution in [0.4, 0.5) is 18.9 Å². The van der Waals surface area contributed by atoms with Crippen molar-refractivity contribution in [2.75, 3.05) is 4.90 Å². The Morgan fingerprint density at radius 1 is 1.00 bits per heavy atom. The molecule has 0 saturated carbocycles. The van der Waals surface area contributed by atoms with E-state index in [1.807, 2.05) is 61.5 Å². The smallest absolute Gasteiger partial charge is 0.305 e. The van der Waals surface area contributed by atoms with E-state index in [9.17, 15) is 18.0 Å². The third-order valence-electron chi connectivity index (χ3n) is 6.48. The first-order valence-corrected chi connectivity index (χ1v) is 11.2. The van der Waals surface area contributed by atoms with E-state index in [0.29, 0.717) is 16.5 Å². The molecule has 0 N–H and O–H groups in total. The molecule has 8 heteroatoms. The van der Waals surface area contributed by atoms with Crippen molar-refractivity contribution in [2.24, 2.45) is 0 Å². The van der Waals surface area contributed by atoms with Crippen molar-refractivity contribution in [3.05, 3.63) is 95.8 Å². The summed E-state index contributed by atoms with van der Waals surface area (Å²) in [5.74, 6) is -0.423. The Morgan fingerprint density at radius 2 is 1.74 bits per heavy atom. The van der Waals surface area contributed by atoms with Crippen LogP contribution in [0.15, 0.2) is 79.0 Å². The first kappa shape index (κ1) is 21.3. The van der Waals surface area contributed by atoms with Gasteiger partial charge in [0.15, 0.2) is 11.3 Å². The van der Waals surface area contributed by atoms with Crippen LogP contribution in [0.1, 0.15) is 28.5 Å². The van der Waals surface area contributed by atoms with Gasteiger partial charge in [-0.15, -0.1) is 0 Å². The van der Waals surface area contributed by atoms with Gasteiger partial charge in [-0.1, -0.05) is 60.7 Å². The van der Waals surface area contributed by atoms with Crippen LogP contribution in [0.25, 0.3) is 27.7 Å². The van der Waals surface area contributed by atoms with Gasteiger partial charge in [-0.3, -0.25) is 4.79 Å². The van der Waals surface area contributed by atoms with Gasteiger partial charge in [0.25, 0.3) is 5.91 Å². The number of benzene rings is 3. The number of hydrogen-bond acceptors (Lipinski definition) is 3. The number of hydrogen-bond donors (Lipinski definition) is 0. The summed E-state index contributed by atoms with van der Waals surface area (Å²) in [6, 6.07) is 21.2. The molecule has 0 fully saturated rings. The van der Waals surface area contributed by atoms with Gasteiger partial charge in [0.1, 0.15) is 5.56 Å². The van der Waals surface area contributed by atoms with E-state index >= 15 is 0 Å². The van der Waals surface area contributed by atoms with Crippen LogP contribution in [0.3, 0.4) is 0 Å². The highest BCUT2D eigenvalue weighted by atomic mass is 19.4. The summed E-state index contributed by atoms with van der Waals surface area (Å²) in [6.07, 6.45) is -2.84. The maximum absolute atomic E-state index is 14.1. The second-order valence-electron chi connectivity index (χ2n) is 8.70. The predicted octanol–water partition coefficient (Wildman–Crippen LogP) is 6.16. The minimum Gasteiger partial charge on any atom is -0.305 e. The van der Waals surface area contributed by atoms with E-state index in [0.717, 1.165) is 28.1 Å². The number of carbonyl (C=O) groups is 1. The summed E-state index contributed by atoms with van der Waals surface area (Å²) >= 11 is 0. The zero-order valence-electron chi connectivity index (χ0n) is 18.6. The van der Waals surface area contributed by atoms with Crippen LogP contribution in [0.2, 0.25) is 0 Å². The Bertz CT molecular complexity index is 1620. The van der Waals surface area contributed by atoms with E-state index in [1.165, 1.54) is 6.20 Å². The molecule has 5 nitrogen and oxygen atoms in total. The number of alkyl halides is 3. The van der Waals surface area contributed by atoms with Gasteiger partial charge >= 0.3 is 6.18 Å². The molecule has 5 aromatic rings. The summed E-state index contributed by atoms with van der Waals surface area (Å²) in [5, 5.41) is 5.60. The average molecular weight is 472 g/mol. The van der Waals surface area contributed by atoms with Crippen molar-refractivity contribution in [2.45, 2.75) is 25.6 Å². The van der Waals surface area contributed by atoms with E-state index in [1.54, 1.807) is 17.0 Å². The van der Waals surface area contributed by atoms with Crippen molar-refractivity contribution in [1.29, 1.82) is 0 Å². The van der Waals surface area contributed by atoms with Gasteiger partial charge in [-0.2, -0.15) is 18.3 Å². The first-order valence-electron chi connectivity index (χ1n) is 11.2. The Labute approximate surface area is 198 Å². The molecule has 0 saturated heterocycles. The van der Waals surface area contributed by atoms with Crippen LogP contribution in [0, 0.1) is 0 Å². The lowest BCUT2D eigenvalue weighted by Gasteiger charge is -2.22. The van der Waals surface area contributed by atoms with Gasteiger partial charge in [0.2, 0.25) is 0 Å². The van der Waals surface area contributed by atoms with Crippen molar-refractivity contribution < 1.29 is 18.0 Å². The van der Waals surface area contributed by atoms with E-state index < -0.39 is 17.8 Å². The quantitative estimate of drug-likeness (QED) is 0.309. The second kappa shape index (κ2) is 7.66. The Kier molecular flexibility index (Phi) is 4.67. The minimum absolute atomic E-state index is 0.0288. The molecule has 0 aliphatic carbocycles. The third kappa shape index (κ3) is 3.36. The highest BCUT2D eigenvalue weighted by Gasteiger charge is 2.38. The number of rotatable bonds is 2. The molecular weight excluding hydrogens is 453 g/mol. The van der Waals surface area contributed by atoms with Crippen molar-refractivity contribution in [3.8, 4) is 11.3 Å². The van der Waals surface area contributed by atoms with Gasteiger partial charge in [0, 0.05) is 17.3 Å². The summed E-state index contributed by atoms with van der Waals surface area (Å²) in [5.41, 5.74) is 1.38. The zero-order chi connectivity index (χ0) is 24.3. The van der Waals surface area contributed by atoms with Crippen molar-refractivity contribution >= 4 is 28.0 Å². The van der Waals surface area contributed by atoms with Crippen molar-refractivity contribution in [3.63, 3.8) is 0 Å². The Hall–Kier alpha value is -4.20. The zero-order valence-corrected chi connectivity index (χ0v) is 18.6. The fraction of sp³-hybridized carbons (Fsp3) is 0.148. The fourth-order valence-corrected chi connectivity index (χ4v) is 4.91. The molecule has 1 unspecified atom stereocenters. The van der Waals surface area contributed by atoms with E-state index in [2.05, 4.69) is 10.1 Å². The molecule has 174 valence electrons. The summed E-state index contributed by atoms with van der Waals surface area (Å²) in [4.78, 5) is 19.8. The molecule has 0 spiro atoms. The highest BCUT2D eigenvalue weighted by Crippen LogP contribution is 2.37. The third-order valence-corrected chi connectivity index (χ3v) is 6.48. The van der Waals surface area contributed by atoms with Gasteiger partial charge in [-0.05, 0) is 41.8 Å². The Balaban J connectivity index is 1.57. The molecule has 1 aliphatic heterocycles. The van der Waals surface area contributed by atoms with Crippen molar-refractivity contribution in [1.82, 2.24) is 14.6 Å². The predicted molar refractivity (Wildman–Crippen MR) is 127 cm³/mol. The lowest BCUT2D eigenvalue weighted by molar-refractivity contribution is -0.142. The van der Waals surface area contributed by atoms with Crippen LogP contribution in [0.5, 0.6) is 0 Å². The van der Waals surface area contributed by atoms with Gasteiger partial charge in [-0.25, -0.2) is 9.50 Å². The molecule has 0 radical (unpaired) electrons. The molecule has 6 rings (SSSR count). The average Bonchev–Trinajstić information content (AvgIpc) is 3.42. The monoisotopic (exact) mass is 472 g/mol. The lowest BCUT2D eigenvalue weighted by Crippen LogP contribution is -2.35.